The number of carbonyl (C=O) groups excluding carboxylic acids is 1. The van der Waals surface area contributed by atoms with Gasteiger partial charge in [-0.15, -0.1) is 0 Å². The number of hydrogen-bond donors (Lipinski definition) is 1. The van der Waals surface area contributed by atoms with Crippen molar-refractivity contribution in [2.24, 2.45) is 5.10 Å². The van der Waals surface area contributed by atoms with Crippen LogP contribution in [0.25, 0.3) is 0 Å². The number of rotatable bonds is 9. The zero-order valence-corrected chi connectivity index (χ0v) is 22.1. The average molecular weight is 673 g/mol. The van der Waals surface area contributed by atoms with Gasteiger partial charge in [-0.3, -0.25) is 25.0 Å². The monoisotopic (exact) mass is 670 g/mol. The molecule has 0 aliphatic heterocycles. The lowest BCUT2D eigenvalue weighted by Gasteiger charge is -2.10. The van der Waals surface area contributed by atoms with Crippen LogP contribution in [0.15, 0.2) is 73.1 Å². The molecule has 35 heavy (non-hydrogen) atoms. The summed E-state index contributed by atoms with van der Waals surface area (Å²) in [6.07, 6.45) is 1.35. The Bertz CT molecular complexity index is 1310. The van der Waals surface area contributed by atoms with Gasteiger partial charge in [-0.05, 0) is 67.8 Å². The number of halogens is 3. The van der Waals surface area contributed by atoms with Crippen LogP contribution in [0.5, 0.6) is 17.2 Å². The molecule has 0 aliphatic carbocycles. The first-order chi connectivity index (χ1) is 16.6. The van der Waals surface area contributed by atoms with Crippen molar-refractivity contribution in [3.63, 3.8) is 0 Å². The van der Waals surface area contributed by atoms with Crippen LogP contribution in [-0.2, 0) is 4.79 Å². The fraction of sp³-hybridized carbons (Fsp3) is 0.0476. The molecule has 0 radical (unpaired) electrons. The Kier molecular flexibility index (Phi) is 8.89. The van der Waals surface area contributed by atoms with Crippen LogP contribution >= 0.6 is 47.8 Å². The number of hydrazone groups is 1. The van der Waals surface area contributed by atoms with Crippen molar-refractivity contribution < 1.29 is 24.1 Å². The molecule has 1 N–H and O–H groups in total. The highest BCUT2D eigenvalue weighted by atomic mass is 79.9. The van der Waals surface area contributed by atoms with Gasteiger partial charge in [0.15, 0.2) is 6.61 Å². The minimum atomic E-state index is -0.767. The van der Waals surface area contributed by atoms with Gasteiger partial charge in [0.05, 0.1) is 31.1 Å². The van der Waals surface area contributed by atoms with Crippen molar-refractivity contribution in [3.8, 4) is 17.2 Å². The Hall–Kier alpha value is -3.36. The minimum Gasteiger partial charge on any atom is -0.481 e. The van der Waals surface area contributed by atoms with E-state index in [1.54, 1.807) is 30.3 Å². The first-order valence-corrected chi connectivity index (χ1v) is 11.8. The predicted octanol–water partition coefficient (Wildman–Crippen LogP) is 6.11. The number of nitro benzene ring substituents is 2. The van der Waals surface area contributed by atoms with Gasteiger partial charge in [-0.1, -0.05) is 28.1 Å². The fourth-order valence-electron chi connectivity index (χ4n) is 2.65. The maximum atomic E-state index is 12.1. The number of non-ortho nitro benzene ring substituents is 1. The van der Waals surface area contributed by atoms with Gasteiger partial charge < -0.3 is 9.47 Å². The summed E-state index contributed by atoms with van der Waals surface area (Å²) in [5, 5.41) is 26.0. The Labute approximate surface area is 222 Å². The summed E-state index contributed by atoms with van der Waals surface area (Å²) in [5.74, 6) is 0.0188. The number of amides is 1. The van der Waals surface area contributed by atoms with Gasteiger partial charge in [0, 0.05) is 10.5 Å². The second kappa shape index (κ2) is 11.9. The van der Waals surface area contributed by atoms with Crippen LogP contribution in [0.3, 0.4) is 0 Å². The van der Waals surface area contributed by atoms with E-state index in [0.29, 0.717) is 20.3 Å². The summed E-state index contributed by atoms with van der Waals surface area (Å²) < 4.78 is 13.2. The summed E-state index contributed by atoms with van der Waals surface area (Å²) in [6, 6.07) is 13.0. The fourth-order valence-corrected chi connectivity index (χ4v) is 5.14. The molecule has 0 saturated heterocycles. The van der Waals surface area contributed by atoms with Gasteiger partial charge in [-0.2, -0.15) is 5.10 Å². The van der Waals surface area contributed by atoms with Crippen LogP contribution in [-0.4, -0.2) is 28.6 Å². The molecule has 0 spiro atoms. The second-order valence-electron chi connectivity index (χ2n) is 6.62. The third-order valence-electron chi connectivity index (χ3n) is 4.15. The molecule has 0 aromatic heterocycles. The number of nitro groups is 2. The lowest BCUT2D eigenvalue weighted by atomic mass is 10.2. The SMILES string of the molecule is O=C(COc1c(Br)cc(Br)cc1Br)N/N=C/c1cccc(Oc2ccc([N+](=O)[O-])cc2[N+](=O)[O-])c1. The molecular weight excluding hydrogens is 660 g/mol. The zero-order valence-electron chi connectivity index (χ0n) is 17.3. The third-order valence-corrected chi connectivity index (χ3v) is 5.79. The van der Waals surface area contributed by atoms with Crippen molar-refractivity contribution in [2.45, 2.75) is 0 Å². The molecule has 0 unspecified atom stereocenters. The molecule has 3 aromatic rings. The second-order valence-corrected chi connectivity index (χ2v) is 9.25. The van der Waals surface area contributed by atoms with E-state index in [1.807, 2.05) is 0 Å². The van der Waals surface area contributed by atoms with Crippen molar-refractivity contribution in [1.82, 2.24) is 5.43 Å². The highest BCUT2D eigenvalue weighted by Crippen LogP contribution is 2.36. The van der Waals surface area contributed by atoms with Crippen LogP contribution in [0.1, 0.15) is 5.56 Å². The van der Waals surface area contributed by atoms with Gasteiger partial charge in [0.2, 0.25) is 5.75 Å². The lowest BCUT2D eigenvalue weighted by Crippen LogP contribution is -2.24. The molecule has 1 amide bonds. The van der Waals surface area contributed by atoms with Crippen LogP contribution in [0.4, 0.5) is 11.4 Å². The van der Waals surface area contributed by atoms with E-state index in [4.69, 9.17) is 9.47 Å². The van der Waals surface area contributed by atoms with E-state index >= 15 is 0 Å². The zero-order chi connectivity index (χ0) is 25.5. The molecule has 14 heteroatoms. The number of carbonyl (C=O) groups is 1. The molecule has 3 rings (SSSR count). The Morgan fingerprint density at radius 1 is 1.00 bits per heavy atom. The molecule has 180 valence electrons. The van der Waals surface area contributed by atoms with E-state index in [0.717, 1.165) is 22.7 Å². The van der Waals surface area contributed by atoms with Gasteiger partial charge >= 0.3 is 5.69 Å². The Morgan fingerprint density at radius 2 is 1.71 bits per heavy atom. The van der Waals surface area contributed by atoms with Gasteiger partial charge in [-0.25, -0.2) is 5.43 Å². The standard InChI is InChI=1S/C21H13Br3N4O7/c22-13-7-16(23)21(17(24)8-13)34-11-20(29)26-25-10-12-2-1-3-15(6-12)35-19-5-4-14(27(30)31)9-18(19)28(32)33/h1-10H,11H2,(H,26,29)/b25-10+. The van der Waals surface area contributed by atoms with Crippen LogP contribution in [0, 0.1) is 20.2 Å². The van der Waals surface area contributed by atoms with E-state index in [9.17, 15) is 25.0 Å². The summed E-state index contributed by atoms with van der Waals surface area (Å²) in [5.41, 5.74) is 1.88. The molecule has 0 bridgehead atoms. The van der Waals surface area contributed by atoms with Crippen molar-refractivity contribution in [3.05, 3.63) is 93.8 Å². The molecule has 0 saturated carbocycles. The van der Waals surface area contributed by atoms with Gasteiger partial charge in [0.1, 0.15) is 11.5 Å². The number of nitrogens with one attached hydrogen (secondary N) is 1. The Balaban J connectivity index is 1.63. The number of benzene rings is 3. The van der Waals surface area contributed by atoms with Crippen molar-refractivity contribution in [1.29, 1.82) is 0 Å². The third kappa shape index (κ3) is 7.31. The molecule has 0 atom stereocenters. The highest BCUT2D eigenvalue weighted by Gasteiger charge is 2.21. The first-order valence-electron chi connectivity index (χ1n) is 9.44. The Morgan fingerprint density at radius 3 is 2.37 bits per heavy atom. The average Bonchev–Trinajstić information content (AvgIpc) is 2.78. The molecule has 11 nitrogen and oxygen atoms in total. The van der Waals surface area contributed by atoms with Crippen molar-refractivity contribution in [2.75, 3.05) is 6.61 Å². The lowest BCUT2D eigenvalue weighted by molar-refractivity contribution is -0.394. The smallest absolute Gasteiger partial charge is 0.318 e. The van der Waals surface area contributed by atoms with Crippen LogP contribution < -0.4 is 14.9 Å². The molecule has 0 aliphatic rings. The highest BCUT2D eigenvalue weighted by molar-refractivity contribution is 9.11. The van der Waals surface area contributed by atoms with E-state index in [-0.39, 0.29) is 18.1 Å². The van der Waals surface area contributed by atoms with Gasteiger partial charge in [0.25, 0.3) is 11.6 Å². The normalized spacial score (nSPS) is 10.7. The molecule has 0 heterocycles. The number of ether oxygens (including phenoxy) is 2. The maximum Gasteiger partial charge on any atom is 0.318 e. The molecular formula is C21H13Br3N4O7. The molecule has 0 fully saturated rings. The predicted molar refractivity (Wildman–Crippen MR) is 137 cm³/mol. The van der Waals surface area contributed by atoms with E-state index in [1.165, 1.54) is 12.3 Å². The topological polar surface area (TPSA) is 146 Å². The summed E-state index contributed by atoms with van der Waals surface area (Å²) in [6.45, 7) is -0.289. The number of nitrogens with zero attached hydrogens (tertiary/aromatic N) is 3. The summed E-state index contributed by atoms with van der Waals surface area (Å²) in [4.78, 5) is 32.7. The summed E-state index contributed by atoms with van der Waals surface area (Å²) in [7, 11) is 0. The van der Waals surface area contributed by atoms with E-state index in [2.05, 4.69) is 58.3 Å². The molecule has 3 aromatic carbocycles. The van der Waals surface area contributed by atoms with Crippen LogP contribution in [0.2, 0.25) is 0 Å². The largest absolute Gasteiger partial charge is 0.481 e. The quantitative estimate of drug-likeness (QED) is 0.164. The summed E-state index contributed by atoms with van der Waals surface area (Å²) >= 11 is 10.1. The number of hydrogen-bond acceptors (Lipinski definition) is 8. The maximum absolute atomic E-state index is 12.1. The first kappa shape index (κ1) is 26.2. The van der Waals surface area contributed by atoms with E-state index < -0.39 is 27.1 Å². The minimum absolute atomic E-state index is 0.162. The van der Waals surface area contributed by atoms with Crippen molar-refractivity contribution >= 4 is 71.3 Å².